The molecule has 0 amide bonds. The number of rotatable bonds is 6. The van der Waals surface area contributed by atoms with Crippen LogP contribution in [0.25, 0.3) is 0 Å². The number of para-hydroxylation sites is 1. The zero-order valence-electron chi connectivity index (χ0n) is 9.48. The Morgan fingerprint density at radius 1 is 1.44 bits per heavy atom. The molecule has 1 aromatic carbocycles. The van der Waals surface area contributed by atoms with Gasteiger partial charge in [0.15, 0.2) is 0 Å². The van der Waals surface area contributed by atoms with Gasteiger partial charge in [0.1, 0.15) is 0 Å². The molecule has 16 heavy (non-hydrogen) atoms. The van der Waals surface area contributed by atoms with Gasteiger partial charge in [-0.25, -0.2) is 0 Å². The number of ether oxygens (including phenoxy) is 1. The molecule has 0 saturated heterocycles. The van der Waals surface area contributed by atoms with Crippen LogP contribution >= 0.6 is 0 Å². The lowest BCUT2D eigenvalue weighted by molar-refractivity contribution is -0.140. The highest BCUT2D eigenvalue weighted by atomic mass is 16.5. The van der Waals surface area contributed by atoms with E-state index in [0.717, 1.165) is 12.1 Å². The first kappa shape index (κ1) is 12.5. The Balaban J connectivity index is 2.54. The van der Waals surface area contributed by atoms with Gasteiger partial charge in [0.25, 0.3) is 0 Å². The van der Waals surface area contributed by atoms with Crippen molar-refractivity contribution >= 4 is 11.7 Å². The smallest absolute Gasteiger partial charge is 0.307 e. The topological polar surface area (TPSA) is 64.3 Å². The van der Waals surface area contributed by atoms with Crippen molar-refractivity contribution in [3.05, 3.63) is 30.3 Å². The van der Waals surface area contributed by atoms with Crippen LogP contribution in [0.5, 0.6) is 0 Å². The Kier molecular flexibility index (Phi) is 5.36. The normalized spacial score (nSPS) is 11.9. The van der Waals surface area contributed by atoms with Gasteiger partial charge in [-0.3, -0.25) is 4.79 Å². The average Bonchev–Trinajstić information content (AvgIpc) is 2.30. The predicted molar refractivity (Wildman–Crippen MR) is 64.2 cm³/mol. The van der Waals surface area contributed by atoms with Gasteiger partial charge in [-0.1, -0.05) is 18.2 Å². The maximum atomic E-state index is 11.2. The molecule has 3 N–H and O–H groups in total. The van der Waals surface area contributed by atoms with E-state index in [-0.39, 0.29) is 12.0 Å². The largest absolute Gasteiger partial charge is 0.469 e. The summed E-state index contributed by atoms with van der Waals surface area (Å²) in [6.07, 6.45) is 1.08. The van der Waals surface area contributed by atoms with E-state index in [1.165, 1.54) is 7.11 Å². The third kappa shape index (κ3) is 4.31. The number of methoxy groups -OCH3 is 1. The Morgan fingerprint density at radius 2 is 2.12 bits per heavy atom. The highest BCUT2D eigenvalue weighted by Crippen LogP contribution is 2.11. The van der Waals surface area contributed by atoms with Crippen molar-refractivity contribution in [2.24, 2.45) is 5.73 Å². The summed E-state index contributed by atoms with van der Waals surface area (Å²) in [6, 6.07) is 9.78. The van der Waals surface area contributed by atoms with Crippen LogP contribution in [0.3, 0.4) is 0 Å². The van der Waals surface area contributed by atoms with E-state index in [2.05, 4.69) is 10.1 Å². The molecular weight excluding hydrogens is 204 g/mol. The number of hydrogen-bond acceptors (Lipinski definition) is 4. The van der Waals surface area contributed by atoms with Crippen LogP contribution in [0.4, 0.5) is 5.69 Å². The fraction of sp³-hybridized carbons (Fsp3) is 0.417. The molecule has 0 aliphatic carbocycles. The first-order valence-corrected chi connectivity index (χ1v) is 5.34. The maximum absolute atomic E-state index is 11.2. The second-order valence-electron chi connectivity index (χ2n) is 3.56. The molecule has 1 rings (SSSR count). The summed E-state index contributed by atoms with van der Waals surface area (Å²) in [5.41, 5.74) is 6.50. The minimum atomic E-state index is -0.220. The molecule has 0 radical (unpaired) electrons. The highest BCUT2D eigenvalue weighted by Gasteiger charge is 2.13. The van der Waals surface area contributed by atoms with E-state index < -0.39 is 0 Å². The second kappa shape index (κ2) is 6.85. The number of carbonyl (C=O) groups is 1. The Hall–Kier alpha value is -1.55. The van der Waals surface area contributed by atoms with E-state index in [1.807, 2.05) is 30.3 Å². The summed E-state index contributed by atoms with van der Waals surface area (Å²) in [7, 11) is 1.39. The van der Waals surface area contributed by atoms with Gasteiger partial charge in [-0.15, -0.1) is 0 Å². The third-order valence-electron chi connectivity index (χ3n) is 2.30. The minimum absolute atomic E-state index is 0.0276. The van der Waals surface area contributed by atoms with Crippen molar-refractivity contribution < 1.29 is 9.53 Å². The number of carbonyl (C=O) groups excluding carboxylic acids is 1. The molecule has 0 fully saturated rings. The lowest BCUT2D eigenvalue weighted by atomic mass is 10.1. The predicted octanol–water partition coefficient (Wildman–Crippen LogP) is 1.38. The fourth-order valence-corrected chi connectivity index (χ4v) is 1.48. The number of esters is 1. The summed E-state index contributed by atoms with van der Waals surface area (Å²) in [5.74, 6) is -0.220. The zero-order valence-corrected chi connectivity index (χ0v) is 9.48. The molecule has 0 aromatic heterocycles. The summed E-state index contributed by atoms with van der Waals surface area (Å²) in [4.78, 5) is 11.2. The number of benzene rings is 1. The van der Waals surface area contributed by atoms with Gasteiger partial charge in [0, 0.05) is 11.7 Å². The molecule has 4 nitrogen and oxygen atoms in total. The lowest BCUT2D eigenvalue weighted by Crippen LogP contribution is -2.26. The average molecular weight is 222 g/mol. The second-order valence-corrected chi connectivity index (χ2v) is 3.56. The van der Waals surface area contributed by atoms with Crippen molar-refractivity contribution in [3.8, 4) is 0 Å². The van der Waals surface area contributed by atoms with Gasteiger partial charge in [-0.2, -0.15) is 0 Å². The Morgan fingerprint density at radius 3 is 2.69 bits per heavy atom. The molecule has 0 saturated carbocycles. The van der Waals surface area contributed by atoms with Crippen LogP contribution in [-0.4, -0.2) is 25.7 Å². The van der Waals surface area contributed by atoms with Crippen LogP contribution < -0.4 is 11.1 Å². The number of hydrogen-bond donors (Lipinski definition) is 2. The molecule has 4 heteroatoms. The summed E-state index contributed by atoms with van der Waals surface area (Å²) >= 11 is 0. The number of nitrogens with two attached hydrogens (primary N) is 1. The first-order chi connectivity index (χ1) is 7.76. The monoisotopic (exact) mass is 222 g/mol. The maximum Gasteiger partial charge on any atom is 0.307 e. The SMILES string of the molecule is COC(=O)CC(CCN)Nc1ccccc1. The van der Waals surface area contributed by atoms with Crippen LogP contribution in [0.1, 0.15) is 12.8 Å². The molecule has 0 heterocycles. The van der Waals surface area contributed by atoms with Crippen molar-refractivity contribution in [3.63, 3.8) is 0 Å². The summed E-state index contributed by atoms with van der Waals surface area (Å²) in [5, 5.41) is 3.26. The van der Waals surface area contributed by atoms with E-state index >= 15 is 0 Å². The third-order valence-corrected chi connectivity index (χ3v) is 2.30. The number of anilines is 1. The van der Waals surface area contributed by atoms with Crippen molar-refractivity contribution in [2.75, 3.05) is 19.0 Å². The Labute approximate surface area is 95.8 Å². The van der Waals surface area contributed by atoms with Gasteiger partial charge in [-0.05, 0) is 25.1 Å². The van der Waals surface area contributed by atoms with Gasteiger partial charge < -0.3 is 15.8 Å². The Bertz CT molecular complexity index is 314. The molecule has 1 unspecified atom stereocenters. The molecule has 0 spiro atoms. The summed E-state index contributed by atoms with van der Waals surface area (Å²) in [6.45, 7) is 0.543. The molecule has 1 atom stereocenters. The van der Waals surface area contributed by atoms with Crippen LogP contribution in [0.15, 0.2) is 30.3 Å². The molecule has 0 aliphatic rings. The van der Waals surface area contributed by atoms with Crippen LogP contribution in [-0.2, 0) is 9.53 Å². The molecule has 0 bridgehead atoms. The number of nitrogens with one attached hydrogen (secondary N) is 1. The molecule has 0 aliphatic heterocycles. The molecule has 88 valence electrons. The fourth-order valence-electron chi connectivity index (χ4n) is 1.48. The molecule has 1 aromatic rings. The van der Waals surface area contributed by atoms with E-state index in [9.17, 15) is 4.79 Å². The standard InChI is InChI=1S/C12H18N2O2/c1-16-12(15)9-11(7-8-13)14-10-5-3-2-4-6-10/h2-6,11,14H,7-9,13H2,1H3. The summed E-state index contributed by atoms with van der Waals surface area (Å²) < 4.78 is 4.64. The van der Waals surface area contributed by atoms with Crippen LogP contribution in [0, 0.1) is 0 Å². The van der Waals surface area contributed by atoms with Gasteiger partial charge in [0.05, 0.1) is 13.5 Å². The van der Waals surface area contributed by atoms with Crippen molar-refractivity contribution in [1.82, 2.24) is 0 Å². The quantitative estimate of drug-likeness (QED) is 0.714. The highest BCUT2D eigenvalue weighted by molar-refractivity contribution is 5.70. The van der Waals surface area contributed by atoms with Gasteiger partial charge in [0.2, 0.25) is 0 Å². The van der Waals surface area contributed by atoms with Crippen LogP contribution in [0.2, 0.25) is 0 Å². The van der Waals surface area contributed by atoms with Gasteiger partial charge >= 0.3 is 5.97 Å². The van der Waals surface area contributed by atoms with Crippen molar-refractivity contribution in [2.45, 2.75) is 18.9 Å². The van der Waals surface area contributed by atoms with Crippen molar-refractivity contribution in [1.29, 1.82) is 0 Å². The molecular formula is C12H18N2O2. The lowest BCUT2D eigenvalue weighted by Gasteiger charge is -2.17. The van der Waals surface area contributed by atoms with E-state index in [1.54, 1.807) is 0 Å². The minimum Gasteiger partial charge on any atom is -0.469 e. The van der Waals surface area contributed by atoms with E-state index in [4.69, 9.17) is 5.73 Å². The van der Waals surface area contributed by atoms with E-state index in [0.29, 0.717) is 13.0 Å². The zero-order chi connectivity index (χ0) is 11.8. The first-order valence-electron chi connectivity index (χ1n) is 5.34.